The Morgan fingerprint density at radius 2 is 1.94 bits per heavy atom. The number of nitrogens with two attached hydrogens (primary N) is 1. The second-order valence-electron chi connectivity index (χ2n) is 4.63. The van der Waals surface area contributed by atoms with Crippen LogP contribution in [0, 0.1) is 5.92 Å². The molecule has 0 aliphatic carbocycles. The summed E-state index contributed by atoms with van der Waals surface area (Å²) in [5.74, 6) is 0.894. The van der Waals surface area contributed by atoms with Crippen LogP contribution < -0.4 is 10.5 Å². The summed E-state index contributed by atoms with van der Waals surface area (Å²) in [4.78, 5) is 0. The number of halogens is 3. The number of benzene rings is 1. The zero-order chi connectivity index (χ0) is 13.8. The summed E-state index contributed by atoms with van der Waals surface area (Å²) in [7, 11) is 0. The van der Waals surface area contributed by atoms with Crippen LogP contribution in [-0.4, -0.2) is 6.61 Å². The molecule has 2 N–H and O–H groups in total. The van der Waals surface area contributed by atoms with Crippen LogP contribution in [0.5, 0.6) is 5.75 Å². The van der Waals surface area contributed by atoms with Crippen molar-refractivity contribution in [1.82, 2.24) is 0 Å². The lowest BCUT2D eigenvalue weighted by molar-refractivity contribution is -0.137. The van der Waals surface area contributed by atoms with Gasteiger partial charge in [0.05, 0.1) is 17.9 Å². The molecule has 0 aromatic heterocycles. The third-order valence-electron chi connectivity index (χ3n) is 2.52. The molecule has 0 aliphatic heterocycles. The van der Waals surface area contributed by atoms with E-state index in [1.807, 2.05) is 0 Å². The molecular formula is C13H18F3NO. The summed E-state index contributed by atoms with van der Waals surface area (Å²) in [5, 5.41) is 0. The first kappa shape index (κ1) is 14.7. The van der Waals surface area contributed by atoms with E-state index in [0.717, 1.165) is 25.0 Å². The molecule has 1 rings (SSSR count). The largest absolute Gasteiger partial charge is 0.491 e. The molecule has 0 fully saturated rings. The normalized spacial score (nSPS) is 11.9. The van der Waals surface area contributed by atoms with Gasteiger partial charge in [0.15, 0.2) is 0 Å². The number of hydrogen-bond acceptors (Lipinski definition) is 2. The molecule has 0 saturated heterocycles. The van der Waals surface area contributed by atoms with Crippen molar-refractivity contribution in [1.29, 1.82) is 0 Å². The second kappa shape index (κ2) is 5.98. The lowest BCUT2D eigenvalue weighted by Crippen LogP contribution is -2.07. The zero-order valence-electron chi connectivity index (χ0n) is 10.6. The zero-order valence-corrected chi connectivity index (χ0v) is 10.6. The molecule has 0 spiro atoms. The molecule has 0 amide bonds. The SMILES string of the molecule is CC(C)CCCOc1ccc(C(F)(F)F)cc1N. The van der Waals surface area contributed by atoms with E-state index in [0.29, 0.717) is 18.3 Å². The monoisotopic (exact) mass is 261 g/mol. The van der Waals surface area contributed by atoms with Crippen LogP contribution in [0.4, 0.5) is 18.9 Å². The maximum absolute atomic E-state index is 12.4. The van der Waals surface area contributed by atoms with Crippen LogP contribution in [0.1, 0.15) is 32.3 Å². The van der Waals surface area contributed by atoms with Crippen LogP contribution in [0.2, 0.25) is 0 Å². The van der Waals surface area contributed by atoms with Gasteiger partial charge in [-0.15, -0.1) is 0 Å². The van der Waals surface area contributed by atoms with E-state index in [-0.39, 0.29) is 5.69 Å². The van der Waals surface area contributed by atoms with Crippen LogP contribution in [0.3, 0.4) is 0 Å². The summed E-state index contributed by atoms with van der Waals surface area (Å²) in [6, 6.07) is 3.15. The van der Waals surface area contributed by atoms with Gasteiger partial charge in [-0.25, -0.2) is 0 Å². The summed E-state index contributed by atoms with van der Waals surface area (Å²) < 4.78 is 42.6. The van der Waals surface area contributed by atoms with Gasteiger partial charge in [-0.3, -0.25) is 0 Å². The van der Waals surface area contributed by atoms with Crippen molar-refractivity contribution in [3.63, 3.8) is 0 Å². The Balaban J connectivity index is 2.58. The number of alkyl halides is 3. The first-order valence-corrected chi connectivity index (χ1v) is 5.90. The fraction of sp³-hybridized carbons (Fsp3) is 0.538. The van der Waals surface area contributed by atoms with Gasteiger partial charge in [0.1, 0.15) is 5.75 Å². The van der Waals surface area contributed by atoms with Gasteiger partial charge >= 0.3 is 6.18 Å². The molecule has 0 bridgehead atoms. The molecule has 0 unspecified atom stereocenters. The minimum atomic E-state index is -4.37. The number of rotatable bonds is 5. The Morgan fingerprint density at radius 1 is 1.28 bits per heavy atom. The second-order valence-corrected chi connectivity index (χ2v) is 4.63. The lowest BCUT2D eigenvalue weighted by atomic mass is 10.1. The number of anilines is 1. The fourth-order valence-electron chi connectivity index (χ4n) is 1.53. The van der Waals surface area contributed by atoms with Gasteiger partial charge in [-0.1, -0.05) is 13.8 Å². The Kier molecular flexibility index (Phi) is 4.87. The van der Waals surface area contributed by atoms with Crippen LogP contribution in [-0.2, 0) is 6.18 Å². The van der Waals surface area contributed by atoms with E-state index in [2.05, 4.69) is 13.8 Å². The molecule has 1 aromatic rings. The van der Waals surface area contributed by atoms with E-state index in [1.54, 1.807) is 0 Å². The molecule has 18 heavy (non-hydrogen) atoms. The number of ether oxygens (including phenoxy) is 1. The van der Waals surface area contributed by atoms with E-state index < -0.39 is 11.7 Å². The average molecular weight is 261 g/mol. The minimum absolute atomic E-state index is 0.0226. The highest BCUT2D eigenvalue weighted by Crippen LogP contribution is 2.33. The third kappa shape index (κ3) is 4.47. The maximum Gasteiger partial charge on any atom is 0.416 e. The minimum Gasteiger partial charge on any atom is -0.491 e. The van der Waals surface area contributed by atoms with Gasteiger partial charge in [0, 0.05) is 0 Å². The Morgan fingerprint density at radius 3 is 2.44 bits per heavy atom. The van der Waals surface area contributed by atoms with Crippen molar-refractivity contribution in [2.45, 2.75) is 32.9 Å². The molecule has 0 saturated carbocycles. The predicted octanol–water partition coefficient (Wildman–Crippen LogP) is 4.10. The quantitative estimate of drug-likeness (QED) is 0.639. The van der Waals surface area contributed by atoms with E-state index in [9.17, 15) is 13.2 Å². The van der Waals surface area contributed by atoms with Crippen LogP contribution in [0.15, 0.2) is 18.2 Å². The Hall–Kier alpha value is -1.39. The first-order chi connectivity index (χ1) is 8.30. The molecule has 0 heterocycles. The first-order valence-electron chi connectivity index (χ1n) is 5.90. The molecule has 0 aliphatic rings. The van der Waals surface area contributed by atoms with Gasteiger partial charge in [-0.2, -0.15) is 13.2 Å². The van der Waals surface area contributed by atoms with E-state index >= 15 is 0 Å². The van der Waals surface area contributed by atoms with E-state index in [4.69, 9.17) is 10.5 Å². The van der Waals surface area contributed by atoms with Crippen molar-refractivity contribution >= 4 is 5.69 Å². The predicted molar refractivity (Wildman–Crippen MR) is 65.4 cm³/mol. The summed E-state index contributed by atoms with van der Waals surface area (Å²) in [6.07, 6.45) is -2.50. The molecule has 0 atom stereocenters. The van der Waals surface area contributed by atoms with Crippen molar-refractivity contribution in [2.75, 3.05) is 12.3 Å². The summed E-state index contributed by atoms with van der Waals surface area (Å²) >= 11 is 0. The lowest BCUT2D eigenvalue weighted by Gasteiger charge is -2.12. The third-order valence-corrected chi connectivity index (χ3v) is 2.52. The van der Waals surface area contributed by atoms with Crippen LogP contribution in [0.25, 0.3) is 0 Å². The summed E-state index contributed by atoms with van der Waals surface area (Å²) in [5.41, 5.74) is 4.80. The number of nitrogen functional groups attached to an aromatic ring is 1. The highest BCUT2D eigenvalue weighted by molar-refractivity contribution is 5.54. The standard InChI is InChI=1S/C13H18F3NO/c1-9(2)4-3-7-18-12-6-5-10(8-11(12)17)13(14,15)16/h5-6,8-9H,3-4,7,17H2,1-2H3. The highest BCUT2D eigenvalue weighted by atomic mass is 19.4. The molecular weight excluding hydrogens is 243 g/mol. The topological polar surface area (TPSA) is 35.2 Å². The van der Waals surface area contributed by atoms with Crippen LogP contribution >= 0.6 is 0 Å². The molecule has 5 heteroatoms. The van der Waals surface area contributed by atoms with Crippen molar-refractivity contribution in [3.05, 3.63) is 23.8 Å². The van der Waals surface area contributed by atoms with E-state index in [1.165, 1.54) is 6.07 Å². The Bertz CT molecular complexity index is 388. The van der Waals surface area contributed by atoms with Crippen molar-refractivity contribution in [3.8, 4) is 5.75 Å². The van der Waals surface area contributed by atoms with Gasteiger partial charge in [-0.05, 0) is 37.0 Å². The molecule has 2 nitrogen and oxygen atoms in total. The van der Waals surface area contributed by atoms with Gasteiger partial charge < -0.3 is 10.5 Å². The smallest absolute Gasteiger partial charge is 0.416 e. The average Bonchev–Trinajstić information content (AvgIpc) is 2.24. The van der Waals surface area contributed by atoms with Gasteiger partial charge in [0.25, 0.3) is 0 Å². The number of hydrogen-bond donors (Lipinski definition) is 1. The van der Waals surface area contributed by atoms with Crippen molar-refractivity contribution < 1.29 is 17.9 Å². The summed E-state index contributed by atoms with van der Waals surface area (Å²) in [6.45, 7) is 4.67. The maximum atomic E-state index is 12.4. The molecule has 0 radical (unpaired) electrons. The Labute approximate surface area is 105 Å². The highest BCUT2D eigenvalue weighted by Gasteiger charge is 2.30. The molecule has 102 valence electrons. The van der Waals surface area contributed by atoms with Crippen molar-refractivity contribution in [2.24, 2.45) is 5.92 Å². The fourth-order valence-corrected chi connectivity index (χ4v) is 1.53. The molecule has 1 aromatic carbocycles. The van der Waals surface area contributed by atoms with Gasteiger partial charge in [0.2, 0.25) is 0 Å².